The molecule has 1 aromatic rings. The third-order valence-electron chi connectivity index (χ3n) is 10.6. The molecule has 264 valence electrons. The number of hydrogen-bond acceptors (Lipinski definition) is 10. The minimum Gasteiger partial charge on any atom is -0.491 e. The van der Waals surface area contributed by atoms with E-state index in [0.717, 1.165) is 81.6 Å². The molecule has 4 aliphatic heterocycles. The minimum absolute atomic E-state index is 0.0819. The van der Waals surface area contributed by atoms with Crippen LogP contribution in [0.5, 0.6) is 0 Å². The summed E-state index contributed by atoms with van der Waals surface area (Å²) >= 11 is 0. The van der Waals surface area contributed by atoms with Crippen LogP contribution in [-0.4, -0.2) is 118 Å². The molecule has 0 spiro atoms. The van der Waals surface area contributed by atoms with Gasteiger partial charge in [-0.25, -0.2) is 4.99 Å². The number of rotatable bonds is 12. The van der Waals surface area contributed by atoms with Crippen molar-refractivity contribution in [3.8, 4) is 0 Å². The summed E-state index contributed by atoms with van der Waals surface area (Å²) in [4.78, 5) is 11.0. The Morgan fingerprint density at radius 1 is 1.22 bits per heavy atom. The van der Waals surface area contributed by atoms with Gasteiger partial charge in [-0.3, -0.25) is 20.2 Å². The number of hydrazone groups is 1. The summed E-state index contributed by atoms with van der Waals surface area (Å²) in [6, 6.07) is 8.53. The molecule has 12 nitrogen and oxygen atoms in total. The Bertz CT molecular complexity index is 1450. The molecule has 1 saturated carbocycles. The van der Waals surface area contributed by atoms with Gasteiger partial charge in [-0.15, -0.1) is 0 Å². The highest BCUT2D eigenvalue weighted by Gasteiger charge is 2.52. The fourth-order valence-electron chi connectivity index (χ4n) is 7.33. The molecule has 49 heavy (non-hydrogen) atoms. The van der Waals surface area contributed by atoms with Crippen molar-refractivity contribution in [2.75, 3.05) is 68.9 Å². The molecule has 7 unspecified atom stereocenters. The highest BCUT2D eigenvalue weighted by atomic mass is 16.8. The minimum atomic E-state index is -0.802. The Morgan fingerprint density at radius 3 is 2.80 bits per heavy atom. The van der Waals surface area contributed by atoms with E-state index in [2.05, 4.69) is 69.4 Å². The predicted molar refractivity (Wildman–Crippen MR) is 193 cm³/mol. The zero-order chi connectivity index (χ0) is 33.8. The van der Waals surface area contributed by atoms with Crippen LogP contribution in [-0.2, 0) is 18.9 Å². The number of anilines is 2. The molecule has 4 fully saturated rings. The number of nitrogens with one attached hydrogen (secondary N) is 1. The number of aliphatic imine (C=N–C) groups is 1. The zero-order valence-electron chi connectivity index (χ0n) is 28.9. The summed E-state index contributed by atoms with van der Waals surface area (Å²) in [6.07, 6.45) is 17.8. The smallest absolute Gasteiger partial charge is 0.215 e. The third kappa shape index (κ3) is 7.88. The van der Waals surface area contributed by atoms with Gasteiger partial charge in [-0.1, -0.05) is 25.2 Å². The molecule has 7 atom stereocenters. The number of piperazine rings is 1. The quantitative estimate of drug-likeness (QED) is 0.251. The van der Waals surface area contributed by atoms with Crippen LogP contribution in [0.1, 0.15) is 39.5 Å². The predicted octanol–water partition coefficient (Wildman–Crippen LogP) is 3.96. The number of nitrogens with zero attached hydrogens (tertiary/aromatic N) is 6. The number of allylic oxidation sites excluding steroid dienone is 3. The van der Waals surface area contributed by atoms with Crippen molar-refractivity contribution >= 4 is 29.9 Å². The Hall–Kier alpha value is -3.71. The molecule has 6 aliphatic rings. The van der Waals surface area contributed by atoms with Crippen LogP contribution in [0, 0.1) is 17.2 Å². The van der Waals surface area contributed by atoms with Gasteiger partial charge >= 0.3 is 0 Å². The average molecular weight is 673 g/mol. The maximum atomic E-state index is 7.86. The van der Waals surface area contributed by atoms with Gasteiger partial charge in [0.15, 0.2) is 0 Å². The molecule has 1 aromatic carbocycles. The maximum Gasteiger partial charge on any atom is 0.215 e. The van der Waals surface area contributed by atoms with E-state index in [9.17, 15) is 0 Å². The van der Waals surface area contributed by atoms with Crippen molar-refractivity contribution < 1.29 is 18.9 Å². The normalized spacial score (nSPS) is 32.1. The second-order valence-corrected chi connectivity index (χ2v) is 14.0. The molecule has 7 rings (SSSR count). The standard InChI is InChI=1S/C37H52N8O4/c1-3-27(2)41-36(39)45(26-38)32-11-9-31(10-12-32)43-17-15-42(16-18-43)30-6-4-7-33(14-13-30)47-23-34-24-48-37(49-34,35-8-5-19-46-35)25-44-22-29-20-28(29)21-40-44/h4,6-7,9-14,21,26-30,34-35,38H,3,5,8,15-20,22-25H2,1-2H3,(H2,39,41). The SMILES string of the molecule is CCC(C)N=C(N)N(C=N)c1ccc(N2CCN(C3C=CC=C(OCC4COC(CN5CC6CC6C=N5)(C5CCCO5)O4)C=C3)CC2)cc1. The van der Waals surface area contributed by atoms with Crippen molar-refractivity contribution in [1.82, 2.24) is 9.91 Å². The van der Waals surface area contributed by atoms with E-state index in [1.807, 2.05) is 25.1 Å². The topological polar surface area (TPSA) is 124 Å². The van der Waals surface area contributed by atoms with Gasteiger partial charge in [0.1, 0.15) is 24.6 Å². The Kier molecular flexibility index (Phi) is 10.4. The van der Waals surface area contributed by atoms with Gasteiger partial charge in [-0.05, 0) is 74.9 Å². The maximum absolute atomic E-state index is 7.86. The van der Waals surface area contributed by atoms with Gasteiger partial charge in [-0.2, -0.15) is 5.10 Å². The number of hydrogen-bond donors (Lipinski definition) is 2. The van der Waals surface area contributed by atoms with Crippen LogP contribution in [0.4, 0.5) is 11.4 Å². The van der Waals surface area contributed by atoms with Crippen molar-refractivity contribution in [2.24, 2.45) is 27.7 Å². The number of guanidine groups is 1. The lowest BCUT2D eigenvalue weighted by atomic mass is 10.1. The highest BCUT2D eigenvalue weighted by Crippen LogP contribution is 2.42. The monoisotopic (exact) mass is 672 g/mol. The molecule has 0 aromatic heterocycles. The first-order valence-electron chi connectivity index (χ1n) is 18.1. The fourth-order valence-corrected chi connectivity index (χ4v) is 7.33. The van der Waals surface area contributed by atoms with Gasteiger partial charge in [0.25, 0.3) is 0 Å². The van der Waals surface area contributed by atoms with Crippen LogP contribution in [0.3, 0.4) is 0 Å². The average Bonchev–Trinajstić information content (AvgIpc) is 3.55. The second kappa shape index (κ2) is 15.0. The van der Waals surface area contributed by atoms with Gasteiger partial charge < -0.3 is 29.6 Å². The summed E-state index contributed by atoms with van der Waals surface area (Å²) in [5, 5.41) is 14.7. The molecule has 0 radical (unpaired) electrons. The summed E-state index contributed by atoms with van der Waals surface area (Å²) in [5.41, 5.74) is 8.20. The Morgan fingerprint density at radius 2 is 2.06 bits per heavy atom. The number of benzene rings is 1. The summed E-state index contributed by atoms with van der Waals surface area (Å²) in [5.74, 6) is 1.74. The summed E-state index contributed by atoms with van der Waals surface area (Å²) < 4.78 is 25.4. The van der Waals surface area contributed by atoms with Gasteiger partial charge in [0.2, 0.25) is 11.7 Å². The zero-order valence-corrected chi connectivity index (χ0v) is 28.9. The van der Waals surface area contributed by atoms with E-state index in [-0.39, 0.29) is 24.3 Å². The first kappa shape index (κ1) is 33.8. The first-order chi connectivity index (χ1) is 23.9. The van der Waals surface area contributed by atoms with E-state index in [4.69, 9.17) is 35.2 Å². The van der Waals surface area contributed by atoms with Crippen LogP contribution in [0.25, 0.3) is 0 Å². The lowest BCUT2D eigenvalue weighted by Crippen LogP contribution is -2.52. The second-order valence-electron chi connectivity index (χ2n) is 14.0. The van der Waals surface area contributed by atoms with E-state index in [0.29, 0.717) is 31.6 Å². The fraction of sp³-hybridized carbons (Fsp3) is 0.595. The number of ether oxygens (including phenoxy) is 4. The first-order valence-corrected chi connectivity index (χ1v) is 18.1. The molecule has 0 bridgehead atoms. The van der Waals surface area contributed by atoms with Crippen molar-refractivity contribution in [3.63, 3.8) is 0 Å². The van der Waals surface area contributed by atoms with Crippen LogP contribution in [0.2, 0.25) is 0 Å². The molecule has 4 heterocycles. The molecule has 2 aliphatic carbocycles. The van der Waals surface area contributed by atoms with E-state index >= 15 is 0 Å². The van der Waals surface area contributed by atoms with Crippen LogP contribution in [0.15, 0.2) is 70.5 Å². The molecular formula is C37H52N8O4. The van der Waals surface area contributed by atoms with E-state index in [1.54, 1.807) is 4.90 Å². The molecule has 0 amide bonds. The van der Waals surface area contributed by atoms with Crippen LogP contribution >= 0.6 is 0 Å². The lowest BCUT2D eigenvalue weighted by Gasteiger charge is -2.38. The third-order valence-corrected chi connectivity index (χ3v) is 10.6. The molecule has 3 saturated heterocycles. The molecule has 12 heteroatoms. The van der Waals surface area contributed by atoms with E-state index in [1.165, 1.54) is 12.8 Å². The van der Waals surface area contributed by atoms with Crippen molar-refractivity contribution in [1.29, 1.82) is 5.41 Å². The van der Waals surface area contributed by atoms with Gasteiger partial charge in [0.05, 0.1) is 31.2 Å². The molecule has 3 N–H and O–H groups in total. The van der Waals surface area contributed by atoms with Crippen molar-refractivity contribution in [3.05, 3.63) is 60.4 Å². The van der Waals surface area contributed by atoms with Crippen LogP contribution < -0.4 is 15.5 Å². The number of nitrogens with two attached hydrogens (primary N) is 1. The summed E-state index contributed by atoms with van der Waals surface area (Å²) in [6.45, 7) is 11.0. The number of fused-ring (bicyclic) bond motifs is 1. The molecular weight excluding hydrogens is 620 g/mol. The van der Waals surface area contributed by atoms with Crippen molar-refractivity contribution in [2.45, 2.75) is 69.6 Å². The Labute approximate surface area is 290 Å². The lowest BCUT2D eigenvalue weighted by molar-refractivity contribution is -0.241. The van der Waals surface area contributed by atoms with E-state index < -0.39 is 5.79 Å². The Balaban J connectivity index is 0.882. The highest BCUT2D eigenvalue weighted by molar-refractivity contribution is 6.08. The van der Waals surface area contributed by atoms with Gasteiger partial charge in [0, 0.05) is 63.2 Å². The largest absolute Gasteiger partial charge is 0.491 e. The summed E-state index contributed by atoms with van der Waals surface area (Å²) in [7, 11) is 0.